The van der Waals surface area contributed by atoms with E-state index in [1.54, 1.807) is 0 Å². The summed E-state index contributed by atoms with van der Waals surface area (Å²) in [6, 6.07) is 1.18. The van der Waals surface area contributed by atoms with Gasteiger partial charge in [0.25, 0.3) is 0 Å². The van der Waals surface area contributed by atoms with Gasteiger partial charge in [-0.3, -0.25) is 9.69 Å². The Morgan fingerprint density at radius 3 is 2.20 bits per heavy atom. The number of carboxylic acid groups (broad SMARTS) is 1. The lowest BCUT2D eigenvalue weighted by Gasteiger charge is -2.37. The third kappa shape index (κ3) is 1.78. The van der Waals surface area contributed by atoms with Crippen molar-refractivity contribution in [2.75, 3.05) is 6.54 Å². The molecule has 15 heavy (non-hydrogen) atoms. The maximum Gasteiger partial charge on any atom is 0.306 e. The summed E-state index contributed by atoms with van der Waals surface area (Å²) in [5.41, 5.74) is 0. The van der Waals surface area contributed by atoms with Gasteiger partial charge in [-0.15, -0.1) is 0 Å². The Hall–Kier alpha value is -0.570. The normalized spacial score (nSPS) is 40.7. The van der Waals surface area contributed by atoms with Crippen molar-refractivity contribution in [1.82, 2.24) is 4.90 Å². The zero-order valence-electron chi connectivity index (χ0n) is 9.06. The molecule has 0 unspecified atom stereocenters. The third-order valence-corrected chi connectivity index (χ3v) is 4.40. The highest BCUT2D eigenvalue weighted by atomic mass is 16.4. The van der Waals surface area contributed by atoms with E-state index in [2.05, 4.69) is 4.90 Å². The van der Waals surface area contributed by atoms with Gasteiger partial charge in [0.15, 0.2) is 0 Å². The standard InChI is InChI=1S/C12H19NO2/c14-12(15)9-5-10-3-4-11(6-9)13(10)7-8-1-2-8/h8-11H,1-7H2,(H,14,15)/t10-,11-/m0/s1. The predicted molar refractivity (Wildman–Crippen MR) is 56.6 cm³/mol. The Balaban J connectivity index is 1.66. The summed E-state index contributed by atoms with van der Waals surface area (Å²) in [5.74, 6) is 0.311. The van der Waals surface area contributed by atoms with Gasteiger partial charge >= 0.3 is 5.97 Å². The summed E-state index contributed by atoms with van der Waals surface area (Å²) >= 11 is 0. The van der Waals surface area contributed by atoms with E-state index in [0.717, 1.165) is 18.8 Å². The topological polar surface area (TPSA) is 40.5 Å². The minimum atomic E-state index is -0.571. The van der Waals surface area contributed by atoms with Crippen LogP contribution in [0.2, 0.25) is 0 Å². The molecule has 3 fully saturated rings. The van der Waals surface area contributed by atoms with Gasteiger partial charge in [-0.05, 0) is 44.4 Å². The molecule has 3 rings (SSSR count). The van der Waals surface area contributed by atoms with Crippen molar-refractivity contribution in [1.29, 1.82) is 0 Å². The molecule has 1 saturated carbocycles. The van der Waals surface area contributed by atoms with E-state index in [9.17, 15) is 4.79 Å². The van der Waals surface area contributed by atoms with Gasteiger partial charge < -0.3 is 5.11 Å². The first-order valence-corrected chi connectivity index (χ1v) is 6.22. The Morgan fingerprint density at radius 2 is 1.73 bits per heavy atom. The third-order valence-electron chi connectivity index (χ3n) is 4.40. The van der Waals surface area contributed by atoms with Crippen molar-refractivity contribution in [3.63, 3.8) is 0 Å². The molecule has 2 aliphatic heterocycles. The number of nitrogens with zero attached hydrogens (tertiary/aromatic N) is 1. The number of aliphatic carboxylic acids is 1. The molecule has 0 amide bonds. The SMILES string of the molecule is O=C(O)C1C[C@@H]2CC[C@@H](C1)N2CC1CC1. The first-order chi connectivity index (χ1) is 7.24. The molecular formula is C12H19NO2. The molecule has 0 radical (unpaired) electrons. The van der Waals surface area contributed by atoms with Crippen LogP contribution in [0.1, 0.15) is 38.5 Å². The van der Waals surface area contributed by atoms with Crippen LogP contribution in [-0.2, 0) is 4.79 Å². The molecule has 2 bridgehead atoms. The number of piperidine rings is 1. The van der Waals surface area contributed by atoms with Crippen LogP contribution in [-0.4, -0.2) is 34.6 Å². The average molecular weight is 209 g/mol. The molecule has 2 atom stereocenters. The summed E-state index contributed by atoms with van der Waals surface area (Å²) in [5, 5.41) is 9.06. The van der Waals surface area contributed by atoms with E-state index < -0.39 is 5.97 Å². The lowest BCUT2D eigenvalue weighted by Crippen LogP contribution is -2.45. The second-order valence-electron chi connectivity index (χ2n) is 5.53. The Kier molecular flexibility index (Phi) is 2.23. The fourth-order valence-electron chi connectivity index (χ4n) is 3.37. The highest BCUT2D eigenvalue weighted by Crippen LogP contribution is 2.41. The average Bonchev–Trinajstić information content (AvgIpc) is 2.94. The predicted octanol–water partition coefficient (Wildman–Crippen LogP) is 1.72. The molecule has 2 heterocycles. The number of hydrogen-bond acceptors (Lipinski definition) is 2. The zero-order valence-corrected chi connectivity index (χ0v) is 9.06. The first-order valence-electron chi connectivity index (χ1n) is 6.22. The van der Waals surface area contributed by atoms with Crippen LogP contribution in [0.4, 0.5) is 0 Å². The largest absolute Gasteiger partial charge is 0.481 e. The summed E-state index contributed by atoms with van der Waals surface area (Å²) in [7, 11) is 0. The molecule has 0 aromatic heterocycles. The number of fused-ring (bicyclic) bond motifs is 2. The minimum Gasteiger partial charge on any atom is -0.481 e. The van der Waals surface area contributed by atoms with E-state index in [-0.39, 0.29) is 5.92 Å². The van der Waals surface area contributed by atoms with Crippen molar-refractivity contribution in [3.05, 3.63) is 0 Å². The molecule has 0 aromatic carbocycles. The summed E-state index contributed by atoms with van der Waals surface area (Å²) in [6.45, 7) is 1.25. The second-order valence-corrected chi connectivity index (χ2v) is 5.53. The van der Waals surface area contributed by atoms with Crippen LogP contribution in [0, 0.1) is 11.8 Å². The van der Waals surface area contributed by atoms with Crippen molar-refractivity contribution in [2.24, 2.45) is 11.8 Å². The molecule has 2 saturated heterocycles. The fourth-order valence-corrected chi connectivity index (χ4v) is 3.37. The summed E-state index contributed by atoms with van der Waals surface area (Å²) in [4.78, 5) is 13.6. The Bertz CT molecular complexity index is 261. The van der Waals surface area contributed by atoms with Gasteiger partial charge in [0.05, 0.1) is 5.92 Å². The molecule has 3 aliphatic rings. The van der Waals surface area contributed by atoms with Crippen LogP contribution >= 0.6 is 0 Å². The van der Waals surface area contributed by atoms with Crippen molar-refractivity contribution in [3.8, 4) is 0 Å². The fraction of sp³-hybridized carbons (Fsp3) is 0.917. The molecule has 0 spiro atoms. The van der Waals surface area contributed by atoms with Gasteiger partial charge in [0, 0.05) is 18.6 Å². The molecule has 0 aromatic rings. The number of carboxylic acids is 1. The molecular weight excluding hydrogens is 190 g/mol. The van der Waals surface area contributed by atoms with Crippen LogP contribution in [0.15, 0.2) is 0 Å². The lowest BCUT2D eigenvalue weighted by atomic mass is 9.90. The van der Waals surface area contributed by atoms with Crippen LogP contribution in [0.3, 0.4) is 0 Å². The van der Waals surface area contributed by atoms with Gasteiger partial charge in [-0.25, -0.2) is 0 Å². The maximum absolute atomic E-state index is 11.0. The van der Waals surface area contributed by atoms with Gasteiger partial charge in [-0.1, -0.05) is 0 Å². The monoisotopic (exact) mass is 209 g/mol. The Morgan fingerprint density at radius 1 is 1.13 bits per heavy atom. The quantitative estimate of drug-likeness (QED) is 0.769. The zero-order chi connectivity index (χ0) is 10.4. The van der Waals surface area contributed by atoms with Crippen molar-refractivity contribution in [2.45, 2.75) is 50.6 Å². The van der Waals surface area contributed by atoms with Crippen LogP contribution < -0.4 is 0 Å². The van der Waals surface area contributed by atoms with Crippen LogP contribution in [0.5, 0.6) is 0 Å². The first kappa shape index (κ1) is 9.64. The van der Waals surface area contributed by atoms with Crippen molar-refractivity contribution >= 4 is 5.97 Å². The van der Waals surface area contributed by atoms with Gasteiger partial charge in [0.2, 0.25) is 0 Å². The van der Waals surface area contributed by atoms with E-state index in [4.69, 9.17) is 5.11 Å². The summed E-state index contributed by atoms with van der Waals surface area (Å²) in [6.07, 6.45) is 7.08. The molecule has 3 heteroatoms. The number of rotatable bonds is 3. The van der Waals surface area contributed by atoms with Gasteiger partial charge in [-0.2, -0.15) is 0 Å². The lowest BCUT2D eigenvalue weighted by molar-refractivity contribution is -0.144. The van der Waals surface area contributed by atoms with E-state index >= 15 is 0 Å². The van der Waals surface area contributed by atoms with E-state index in [1.165, 1.54) is 32.2 Å². The highest BCUT2D eigenvalue weighted by molar-refractivity contribution is 5.70. The molecule has 3 nitrogen and oxygen atoms in total. The maximum atomic E-state index is 11.0. The number of carbonyl (C=O) groups is 1. The Labute approximate surface area is 90.5 Å². The highest BCUT2D eigenvalue weighted by Gasteiger charge is 2.44. The molecule has 1 N–H and O–H groups in total. The minimum absolute atomic E-state index is 0.0575. The van der Waals surface area contributed by atoms with E-state index in [0.29, 0.717) is 12.1 Å². The molecule has 84 valence electrons. The van der Waals surface area contributed by atoms with Gasteiger partial charge in [0.1, 0.15) is 0 Å². The molecule has 1 aliphatic carbocycles. The summed E-state index contributed by atoms with van der Waals surface area (Å²) < 4.78 is 0. The van der Waals surface area contributed by atoms with Crippen molar-refractivity contribution < 1.29 is 9.90 Å². The van der Waals surface area contributed by atoms with Crippen LogP contribution in [0.25, 0.3) is 0 Å². The second kappa shape index (κ2) is 3.48. The smallest absolute Gasteiger partial charge is 0.306 e. The van der Waals surface area contributed by atoms with E-state index in [1.807, 2.05) is 0 Å². The number of hydrogen-bond donors (Lipinski definition) is 1.